The maximum absolute atomic E-state index is 13.0. The van der Waals surface area contributed by atoms with Crippen molar-refractivity contribution in [2.24, 2.45) is 0 Å². The van der Waals surface area contributed by atoms with Crippen LogP contribution in [0.15, 0.2) is 4.47 Å². The minimum Gasteiger partial charge on any atom is -0.338 e. The lowest BCUT2D eigenvalue weighted by atomic mass is 10.2. The van der Waals surface area contributed by atoms with Crippen LogP contribution in [0, 0.1) is 6.92 Å². The van der Waals surface area contributed by atoms with E-state index in [2.05, 4.69) is 21.0 Å². The average Bonchev–Trinajstić information content (AvgIpc) is 2.87. The fourth-order valence-corrected chi connectivity index (χ4v) is 3.99. The first-order chi connectivity index (χ1) is 12.3. The third-order valence-corrected chi connectivity index (χ3v) is 6.41. The molecule has 1 amide bonds. The van der Waals surface area contributed by atoms with Crippen molar-refractivity contribution < 1.29 is 26.4 Å². The Morgan fingerprint density at radius 3 is 2.26 bits per heavy atom. The molecular weight excluding hydrogens is 453 g/mol. The molecule has 12 heteroatoms. The number of amides is 1. The summed E-state index contributed by atoms with van der Waals surface area (Å²) in [7, 11) is -3.05. The minimum atomic E-state index is -4.61. The van der Waals surface area contributed by atoms with Gasteiger partial charge in [-0.3, -0.25) is 14.4 Å². The van der Waals surface area contributed by atoms with Crippen LogP contribution in [0.25, 0.3) is 0 Å². The maximum atomic E-state index is 13.0. The van der Waals surface area contributed by atoms with Crippen molar-refractivity contribution in [2.75, 3.05) is 44.7 Å². The molecule has 7 nitrogen and oxygen atoms in total. The van der Waals surface area contributed by atoms with Gasteiger partial charge in [0.2, 0.25) is 5.91 Å². The Balaban J connectivity index is 2.03. The lowest BCUT2D eigenvalue weighted by molar-refractivity contribution is -0.143. The van der Waals surface area contributed by atoms with Gasteiger partial charge in [0, 0.05) is 39.0 Å². The average molecular weight is 475 g/mol. The third-order valence-electron chi connectivity index (χ3n) is 4.53. The molecule has 0 aromatic carbocycles. The first-order valence-corrected chi connectivity index (χ1v) is 11.2. The van der Waals surface area contributed by atoms with Crippen molar-refractivity contribution in [3.63, 3.8) is 0 Å². The molecule has 1 atom stereocenters. The smallest absolute Gasteiger partial charge is 0.338 e. The van der Waals surface area contributed by atoms with Crippen LogP contribution in [0.1, 0.15) is 24.4 Å². The zero-order chi connectivity index (χ0) is 20.6. The summed E-state index contributed by atoms with van der Waals surface area (Å²) in [5, 5.41) is 3.59. The Hall–Kier alpha value is -1.14. The molecule has 2 heterocycles. The van der Waals surface area contributed by atoms with Gasteiger partial charge in [-0.15, -0.1) is 0 Å². The van der Waals surface area contributed by atoms with Crippen LogP contribution in [0.4, 0.5) is 13.2 Å². The molecule has 1 aromatic heterocycles. The van der Waals surface area contributed by atoms with Gasteiger partial charge in [0.25, 0.3) is 0 Å². The second kappa shape index (κ2) is 8.08. The number of alkyl halides is 3. The lowest BCUT2D eigenvalue weighted by Gasteiger charge is -2.36. The number of piperazine rings is 1. The Morgan fingerprint density at radius 2 is 1.81 bits per heavy atom. The highest BCUT2D eigenvalue weighted by atomic mass is 79.9. The summed E-state index contributed by atoms with van der Waals surface area (Å²) >= 11 is 2.91. The fourth-order valence-electron chi connectivity index (χ4n) is 2.91. The monoisotopic (exact) mass is 474 g/mol. The van der Waals surface area contributed by atoms with E-state index >= 15 is 0 Å². The van der Waals surface area contributed by atoms with E-state index in [1.807, 2.05) is 4.90 Å². The summed E-state index contributed by atoms with van der Waals surface area (Å²) < 4.78 is 62.4. The normalized spacial score (nSPS) is 18.0. The van der Waals surface area contributed by atoms with Crippen LogP contribution in [0.3, 0.4) is 0 Å². The second-order valence-corrected chi connectivity index (χ2v) is 9.72. The van der Waals surface area contributed by atoms with Gasteiger partial charge in [0.1, 0.15) is 15.9 Å². The Labute approximate surface area is 164 Å². The summed E-state index contributed by atoms with van der Waals surface area (Å²) in [4.78, 5) is 16.2. The van der Waals surface area contributed by atoms with Crippen LogP contribution in [0.2, 0.25) is 0 Å². The SMILES string of the molecule is Cc1c(Br)c(C(F)(F)F)nn1C(C)C(=O)N1CCN(CCS(C)(=O)=O)CC1. The molecule has 0 radical (unpaired) electrons. The second-order valence-electron chi connectivity index (χ2n) is 6.66. The van der Waals surface area contributed by atoms with E-state index in [1.165, 1.54) is 20.1 Å². The molecule has 0 aliphatic carbocycles. The van der Waals surface area contributed by atoms with Crippen molar-refractivity contribution in [3.8, 4) is 0 Å². The molecule has 1 aliphatic heterocycles. The van der Waals surface area contributed by atoms with Crippen LogP contribution in [-0.4, -0.2) is 78.6 Å². The van der Waals surface area contributed by atoms with E-state index < -0.39 is 27.7 Å². The van der Waals surface area contributed by atoms with Gasteiger partial charge in [0.05, 0.1) is 15.9 Å². The van der Waals surface area contributed by atoms with Crippen molar-refractivity contribution in [3.05, 3.63) is 15.9 Å². The van der Waals surface area contributed by atoms with E-state index in [0.717, 1.165) is 4.68 Å². The van der Waals surface area contributed by atoms with Gasteiger partial charge in [-0.25, -0.2) is 8.42 Å². The van der Waals surface area contributed by atoms with Crippen LogP contribution >= 0.6 is 15.9 Å². The van der Waals surface area contributed by atoms with Crippen LogP contribution in [-0.2, 0) is 20.8 Å². The molecule has 1 aliphatic rings. The highest BCUT2D eigenvalue weighted by Gasteiger charge is 2.39. The van der Waals surface area contributed by atoms with E-state index in [4.69, 9.17) is 0 Å². The molecule has 1 aromatic rings. The Kier molecular flexibility index (Phi) is 6.63. The van der Waals surface area contributed by atoms with E-state index in [9.17, 15) is 26.4 Å². The third kappa shape index (κ3) is 5.44. The molecule has 1 fully saturated rings. The Morgan fingerprint density at radius 1 is 1.26 bits per heavy atom. The number of nitrogens with zero attached hydrogens (tertiary/aromatic N) is 4. The van der Waals surface area contributed by atoms with Gasteiger partial charge in [-0.05, 0) is 29.8 Å². The summed E-state index contributed by atoms with van der Waals surface area (Å²) in [5.74, 6) is -0.262. The fraction of sp³-hybridized carbons (Fsp3) is 0.733. The lowest BCUT2D eigenvalue weighted by Crippen LogP contribution is -2.51. The van der Waals surface area contributed by atoms with Crippen molar-refractivity contribution in [2.45, 2.75) is 26.1 Å². The quantitative estimate of drug-likeness (QED) is 0.649. The molecule has 0 N–H and O–H groups in total. The number of halogens is 4. The van der Waals surface area contributed by atoms with Crippen LogP contribution in [0.5, 0.6) is 0 Å². The minimum absolute atomic E-state index is 0.0536. The molecule has 2 rings (SSSR count). The molecule has 1 unspecified atom stereocenters. The van der Waals surface area contributed by atoms with Gasteiger partial charge in [0.15, 0.2) is 5.69 Å². The van der Waals surface area contributed by atoms with Crippen LogP contribution < -0.4 is 0 Å². The van der Waals surface area contributed by atoms with Gasteiger partial charge in [-0.1, -0.05) is 0 Å². The number of carbonyl (C=O) groups is 1. The maximum Gasteiger partial charge on any atom is 0.436 e. The Bertz CT molecular complexity index is 802. The topological polar surface area (TPSA) is 75.5 Å². The van der Waals surface area contributed by atoms with E-state index in [0.29, 0.717) is 32.7 Å². The molecule has 154 valence electrons. The molecule has 1 saturated heterocycles. The first kappa shape index (κ1) is 22.2. The zero-order valence-electron chi connectivity index (χ0n) is 15.3. The molecule has 27 heavy (non-hydrogen) atoms. The van der Waals surface area contributed by atoms with Gasteiger partial charge < -0.3 is 4.90 Å². The van der Waals surface area contributed by atoms with E-state index in [-0.39, 0.29) is 21.8 Å². The van der Waals surface area contributed by atoms with Crippen molar-refractivity contribution in [1.82, 2.24) is 19.6 Å². The van der Waals surface area contributed by atoms with Gasteiger partial charge >= 0.3 is 6.18 Å². The number of sulfone groups is 1. The summed E-state index contributed by atoms with van der Waals surface area (Å²) in [6, 6.07) is -0.875. The number of hydrogen-bond acceptors (Lipinski definition) is 5. The van der Waals surface area contributed by atoms with Crippen molar-refractivity contribution >= 4 is 31.7 Å². The molecule has 0 bridgehead atoms. The number of hydrogen-bond donors (Lipinski definition) is 0. The standard InChI is InChI=1S/C15H22BrF3N4O3S/c1-10-12(16)13(15(17,18)19)20-23(10)11(2)14(24)22-6-4-21(5-7-22)8-9-27(3,25)26/h11H,4-9H2,1-3H3. The summed E-state index contributed by atoms with van der Waals surface area (Å²) in [6.07, 6.45) is -3.43. The molecule has 0 saturated carbocycles. The first-order valence-electron chi connectivity index (χ1n) is 8.32. The predicted molar refractivity (Wildman–Crippen MR) is 97.1 cm³/mol. The number of carbonyl (C=O) groups excluding carboxylic acids is 1. The van der Waals surface area contributed by atoms with Crippen molar-refractivity contribution in [1.29, 1.82) is 0 Å². The highest BCUT2D eigenvalue weighted by Crippen LogP contribution is 2.36. The highest BCUT2D eigenvalue weighted by molar-refractivity contribution is 9.10. The molecule has 0 spiro atoms. The number of aromatic nitrogens is 2. The van der Waals surface area contributed by atoms with E-state index in [1.54, 1.807) is 4.90 Å². The largest absolute Gasteiger partial charge is 0.436 e. The predicted octanol–water partition coefficient (Wildman–Crippen LogP) is 1.72. The molecular formula is C15H22BrF3N4O3S. The summed E-state index contributed by atoms with van der Waals surface area (Å²) in [5.41, 5.74) is -0.819. The summed E-state index contributed by atoms with van der Waals surface area (Å²) in [6.45, 7) is 5.20. The number of rotatable bonds is 5. The van der Waals surface area contributed by atoms with Gasteiger partial charge in [-0.2, -0.15) is 18.3 Å². The zero-order valence-corrected chi connectivity index (χ0v) is 17.7.